The Morgan fingerprint density at radius 1 is 1.27 bits per heavy atom. The monoisotopic (exact) mass is 344 g/mol. The Morgan fingerprint density at radius 3 is 2.32 bits per heavy atom. The van der Waals surface area contributed by atoms with Crippen molar-refractivity contribution in [1.82, 2.24) is 9.21 Å². The van der Waals surface area contributed by atoms with Gasteiger partial charge in [-0.05, 0) is 44.0 Å². The molecule has 1 fully saturated rings. The van der Waals surface area contributed by atoms with E-state index in [2.05, 4.69) is 0 Å². The molecular weight excluding hydrogens is 324 g/mol. The second-order valence-corrected chi connectivity index (χ2v) is 8.20. The Labute approximate surface area is 136 Å². The van der Waals surface area contributed by atoms with Gasteiger partial charge in [-0.3, -0.25) is 4.79 Å². The summed E-state index contributed by atoms with van der Waals surface area (Å²) in [5.41, 5.74) is 0.609. The van der Waals surface area contributed by atoms with Crippen LogP contribution in [-0.4, -0.2) is 55.5 Å². The summed E-state index contributed by atoms with van der Waals surface area (Å²) in [5, 5.41) is 0.599. The van der Waals surface area contributed by atoms with Crippen molar-refractivity contribution in [2.45, 2.75) is 25.8 Å². The Bertz CT molecular complexity index is 623. The molecule has 0 atom stereocenters. The molecule has 22 heavy (non-hydrogen) atoms. The SMILES string of the molecule is CCS(=O)(=O)N(C)C1CCN(C(=O)c2ccc(Cl)cc2)CC1. The topological polar surface area (TPSA) is 57.7 Å². The largest absolute Gasteiger partial charge is 0.339 e. The molecule has 0 spiro atoms. The second kappa shape index (κ2) is 6.98. The highest BCUT2D eigenvalue weighted by Crippen LogP contribution is 2.20. The van der Waals surface area contributed by atoms with Gasteiger partial charge in [-0.1, -0.05) is 11.6 Å². The van der Waals surface area contributed by atoms with E-state index in [1.165, 1.54) is 4.31 Å². The van der Waals surface area contributed by atoms with Crippen molar-refractivity contribution in [3.05, 3.63) is 34.9 Å². The highest BCUT2D eigenvalue weighted by Gasteiger charge is 2.30. The first kappa shape index (κ1) is 17.2. The molecule has 1 saturated heterocycles. The number of sulfonamides is 1. The van der Waals surface area contributed by atoms with Gasteiger partial charge in [0.1, 0.15) is 0 Å². The minimum atomic E-state index is -3.18. The maximum atomic E-state index is 12.4. The molecule has 0 unspecified atom stereocenters. The summed E-state index contributed by atoms with van der Waals surface area (Å²) in [5.74, 6) is 0.0732. The molecule has 1 aromatic carbocycles. The van der Waals surface area contributed by atoms with Crippen LogP contribution in [0.2, 0.25) is 5.02 Å². The van der Waals surface area contributed by atoms with Crippen LogP contribution >= 0.6 is 11.6 Å². The van der Waals surface area contributed by atoms with Crippen molar-refractivity contribution >= 4 is 27.5 Å². The zero-order chi connectivity index (χ0) is 16.3. The third-order valence-electron chi connectivity index (χ3n) is 4.16. The van der Waals surface area contributed by atoms with Gasteiger partial charge in [0.2, 0.25) is 10.0 Å². The average molecular weight is 345 g/mol. The lowest BCUT2D eigenvalue weighted by Gasteiger charge is -2.36. The summed E-state index contributed by atoms with van der Waals surface area (Å²) < 4.78 is 25.3. The highest BCUT2D eigenvalue weighted by molar-refractivity contribution is 7.89. The van der Waals surface area contributed by atoms with Gasteiger partial charge in [-0.25, -0.2) is 12.7 Å². The zero-order valence-corrected chi connectivity index (χ0v) is 14.4. The van der Waals surface area contributed by atoms with Crippen LogP contribution in [0, 0.1) is 0 Å². The number of nitrogens with zero attached hydrogens (tertiary/aromatic N) is 2. The lowest BCUT2D eigenvalue weighted by atomic mass is 10.0. The maximum Gasteiger partial charge on any atom is 0.253 e. The van der Waals surface area contributed by atoms with E-state index in [1.807, 2.05) is 0 Å². The fourth-order valence-corrected chi connectivity index (χ4v) is 3.84. The number of rotatable bonds is 4. The second-order valence-electron chi connectivity index (χ2n) is 5.45. The normalized spacial score (nSPS) is 17.0. The first-order valence-electron chi connectivity index (χ1n) is 7.35. The van der Waals surface area contributed by atoms with Crippen molar-refractivity contribution in [2.75, 3.05) is 25.9 Å². The average Bonchev–Trinajstić information content (AvgIpc) is 2.54. The third-order valence-corrected chi connectivity index (χ3v) is 6.32. The molecule has 1 aliphatic heterocycles. The summed E-state index contributed by atoms with van der Waals surface area (Å²) in [4.78, 5) is 14.2. The van der Waals surface area contributed by atoms with Crippen LogP contribution in [0.5, 0.6) is 0 Å². The fraction of sp³-hybridized carbons (Fsp3) is 0.533. The summed E-state index contributed by atoms with van der Waals surface area (Å²) in [6, 6.07) is 6.79. The van der Waals surface area contributed by atoms with Crippen molar-refractivity contribution in [3.8, 4) is 0 Å². The number of piperidine rings is 1. The van der Waals surface area contributed by atoms with E-state index in [-0.39, 0.29) is 17.7 Å². The van der Waals surface area contributed by atoms with Crippen molar-refractivity contribution < 1.29 is 13.2 Å². The number of carbonyl (C=O) groups is 1. The van der Waals surface area contributed by atoms with Gasteiger partial charge in [0.05, 0.1) is 5.75 Å². The zero-order valence-electron chi connectivity index (χ0n) is 12.8. The lowest BCUT2D eigenvalue weighted by molar-refractivity contribution is 0.0686. The molecule has 122 valence electrons. The van der Waals surface area contributed by atoms with E-state index in [0.717, 1.165) is 0 Å². The first-order valence-corrected chi connectivity index (χ1v) is 9.34. The number of likely N-dealkylation sites (tertiary alicyclic amines) is 1. The van der Waals surface area contributed by atoms with E-state index < -0.39 is 10.0 Å². The number of hydrogen-bond acceptors (Lipinski definition) is 3. The van der Waals surface area contributed by atoms with Gasteiger partial charge in [0, 0.05) is 36.8 Å². The molecule has 0 aliphatic carbocycles. The molecule has 7 heteroatoms. The van der Waals surface area contributed by atoms with E-state index in [9.17, 15) is 13.2 Å². The van der Waals surface area contributed by atoms with Crippen molar-refractivity contribution in [2.24, 2.45) is 0 Å². The van der Waals surface area contributed by atoms with Crippen LogP contribution in [0.3, 0.4) is 0 Å². The van der Waals surface area contributed by atoms with E-state index in [4.69, 9.17) is 11.6 Å². The lowest BCUT2D eigenvalue weighted by Crippen LogP contribution is -2.47. The molecule has 1 heterocycles. The van der Waals surface area contributed by atoms with Gasteiger partial charge in [-0.2, -0.15) is 0 Å². The van der Waals surface area contributed by atoms with Crippen LogP contribution in [0.25, 0.3) is 0 Å². The quantitative estimate of drug-likeness (QED) is 0.841. The van der Waals surface area contributed by atoms with Crippen molar-refractivity contribution in [1.29, 1.82) is 0 Å². The molecular formula is C15H21ClN2O3S. The van der Waals surface area contributed by atoms with E-state index in [1.54, 1.807) is 43.1 Å². The molecule has 1 amide bonds. The standard InChI is InChI=1S/C15H21ClN2O3S/c1-3-22(20,21)17(2)14-8-10-18(11-9-14)15(19)12-4-6-13(16)7-5-12/h4-7,14H,3,8-11H2,1-2H3. The Hall–Kier alpha value is -1.11. The van der Waals surface area contributed by atoms with Crippen LogP contribution in [0.15, 0.2) is 24.3 Å². The minimum absolute atomic E-state index is 0.0285. The molecule has 1 aliphatic rings. The summed E-state index contributed by atoms with van der Waals surface area (Å²) in [6.07, 6.45) is 1.32. The van der Waals surface area contributed by atoms with E-state index >= 15 is 0 Å². The van der Waals surface area contributed by atoms with Crippen LogP contribution < -0.4 is 0 Å². The Balaban J connectivity index is 1.97. The van der Waals surface area contributed by atoms with Gasteiger partial charge < -0.3 is 4.90 Å². The number of halogens is 1. The molecule has 0 N–H and O–H groups in total. The summed E-state index contributed by atoms with van der Waals surface area (Å²) >= 11 is 5.83. The molecule has 5 nitrogen and oxygen atoms in total. The smallest absolute Gasteiger partial charge is 0.253 e. The van der Waals surface area contributed by atoms with Crippen LogP contribution in [0.1, 0.15) is 30.1 Å². The van der Waals surface area contributed by atoms with Gasteiger partial charge >= 0.3 is 0 Å². The van der Waals surface area contributed by atoms with Crippen molar-refractivity contribution in [3.63, 3.8) is 0 Å². The predicted molar refractivity (Wildman–Crippen MR) is 87.6 cm³/mol. The molecule has 2 rings (SSSR count). The molecule has 0 radical (unpaired) electrons. The number of benzene rings is 1. The predicted octanol–water partition coefficient (Wildman–Crippen LogP) is 2.23. The molecule has 1 aromatic rings. The minimum Gasteiger partial charge on any atom is -0.339 e. The first-order chi connectivity index (χ1) is 10.3. The Morgan fingerprint density at radius 2 is 1.82 bits per heavy atom. The fourth-order valence-electron chi connectivity index (χ4n) is 2.64. The number of amides is 1. The van der Waals surface area contributed by atoms with Crippen LogP contribution in [0.4, 0.5) is 0 Å². The van der Waals surface area contributed by atoms with Gasteiger partial charge in [-0.15, -0.1) is 0 Å². The summed E-state index contributed by atoms with van der Waals surface area (Å²) in [7, 11) is -1.55. The number of carbonyl (C=O) groups excluding carboxylic acids is 1. The Kier molecular flexibility index (Phi) is 5.47. The third kappa shape index (κ3) is 3.80. The van der Waals surface area contributed by atoms with E-state index in [0.29, 0.717) is 36.5 Å². The van der Waals surface area contributed by atoms with Gasteiger partial charge in [0.25, 0.3) is 5.91 Å². The highest BCUT2D eigenvalue weighted by atomic mass is 35.5. The van der Waals surface area contributed by atoms with Crippen LogP contribution in [-0.2, 0) is 10.0 Å². The molecule has 0 saturated carbocycles. The van der Waals surface area contributed by atoms with Gasteiger partial charge in [0.15, 0.2) is 0 Å². The molecule has 0 aromatic heterocycles. The maximum absolute atomic E-state index is 12.4. The number of hydrogen-bond donors (Lipinski definition) is 0. The summed E-state index contributed by atoms with van der Waals surface area (Å²) in [6.45, 7) is 2.77. The molecule has 0 bridgehead atoms.